The molecule has 1 aliphatic rings. The Bertz CT molecular complexity index is 460. The molecule has 0 aliphatic carbocycles. The predicted molar refractivity (Wildman–Crippen MR) is 53.9 cm³/mol. The van der Waals surface area contributed by atoms with Crippen molar-refractivity contribution in [3.63, 3.8) is 0 Å². The average molecular weight is 204 g/mol. The predicted octanol–water partition coefficient (Wildman–Crippen LogP) is 1.33. The summed E-state index contributed by atoms with van der Waals surface area (Å²) in [5, 5.41) is 4.38. The standard InChI is InChI=1S/C10H12N4O/c11-7-3-1-5-14-10(7)12-9(13-14)8-4-2-6-15-8/h2,4,6-7H,1,3,5,11H2. The fraction of sp³-hybridized carbons (Fsp3) is 0.400. The first-order valence-electron chi connectivity index (χ1n) is 5.09. The van der Waals surface area contributed by atoms with Gasteiger partial charge in [-0.05, 0) is 25.0 Å². The van der Waals surface area contributed by atoms with E-state index in [1.54, 1.807) is 6.26 Å². The molecule has 1 aliphatic heterocycles. The van der Waals surface area contributed by atoms with Gasteiger partial charge in [-0.25, -0.2) is 9.67 Å². The zero-order valence-electron chi connectivity index (χ0n) is 8.26. The number of furan rings is 1. The van der Waals surface area contributed by atoms with Crippen molar-refractivity contribution >= 4 is 0 Å². The minimum absolute atomic E-state index is 0.00922. The number of nitrogens with zero attached hydrogens (tertiary/aromatic N) is 3. The molecule has 3 heterocycles. The Morgan fingerprint density at radius 3 is 3.20 bits per heavy atom. The van der Waals surface area contributed by atoms with Gasteiger partial charge in [0.25, 0.3) is 0 Å². The largest absolute Gasteiger partial charge is 0.461 e. The van der Waals surface area contributed by atoms with Gasteiger partial charge in [0.2, 0.25) is 5.82 Å². The van der Waals surface area contributed by atoms with Crippen molar-refractivity contribution in [2.24, 2.45) is 5.73 Å². The summed E-state index contributed by atoms with van der Waals surface area (Å²) in [5.74, 6) is 2.20. The van der Waals surface area contributed by atoms with Gasteiger partial charge in [0.1, 0.15) is 5.82 Å². The molecule has 2 N–H and O–H groups in total. The highest BCUT2D eigenvalue weighted by atomic mass is 16.3. The van der Waals surface area contributed by atoms with E-state index in [2.05, 4.69) is 10.1 Å². The first-order chi connectivity index (χ1) is 7.34. The van der Waals surface area contributed by atoms with Gasteiger partial charge in [-0.2, -0.15) is 0 Å². The van der Waals surface area contributed by atoms with E-state index in [1.807, 2.05) is 16.8 Å². The maximum absolute atomic E-state index is 5.96. The Hall–Kier alpha value is -1.62. The van der Waals surface area contributed by atoms with E-state index in [0.29, 0.717) is 11.6 Å². The van der Waals surface area contributed by atoms with Crippen molar-refractivity contribution in [2.75, 3.05) is 0 Å². The van der Waals surface area contributed by atoms with E-state index in [0.717, 1.165) is 25.2 Å². The maximum atomic E-state index is 5.96. The molecule has 1 unspecified atom stereocenters. The van der Waals surface area contributed by atoms with Crippen LogP contribution in [0.25, 0.3) is 11.6 Å². The zero-order valence-corrected chi connectivity index (χ0v) is 8.26. The molecule has 15 heavy (non-hydrogen) atoms. The molecule has 0 saturated heterocycles. The fourth-order valence-corrected chi connectivity index (χ4v) is 1.89. The number of hydrogen-bond donors (Lipinski definition) is 1. The van der Waals surface area contributed by atoms with Crippen LogP contribution >= 0.6 is 0 Å². The van der Waals surface area contributed by atoms with Crippen molar-refractivity contribution in [1.29, 1.82) is 0 Å². The Morgan fingerprint density at radius 2 is 2.47 bits per heavy atom. The molecule has 0 fully saturated rings. The number of rotatable bonds is 1. The Morgan fingerprint density at radius 1 is 1.53 bits per heavy atom. The first kappa shape index (κ1) is 8.67. The average Bonchev–Trinajstić information content (AvgIpc) is 2.86. The van der Waals surface area contributed by atoms with Crippen LogP contribution in [0.4, 0.5) is 0 Å². The molecule has 5 nitrogen and oxygen atoms in total. The van der Waals surface area contributed by atoms with Crippen LogP contribution in [-0.2, 0) is 6.54 Å². The quantitative estimate of drug-likeness (QED) is 0.760. The first-order valence-corrected chi connectivity index (χ1v) is 5.09. The summed E-state index contributed by atoms with van der Waals surface area (Å²) in [4.78, 5) is 4.41. The third-order valence-electron chi connectivity index (χ3n) is 2.66. The minimum atomic E-state index is 0.00922. The lowest BCUT2D eigenvalue weighted by Gasteiger charge is -2.17. The number of aryl methyl sites for hydroxylation is 1. The van der Waals surface area contributed by atoms with Crippen LogP contribution in [0.5, 0.6) is 0 Å². The third kappa shape index (κ3) is 1.35. The van der Waals surface area contributed by atoms with Gasteiger partial charge >= 0.3 is 0 Å². The highest BCUT2D eigenvalue weighted by molar-refractivity contribution is 5.45. The van der Waals surface area contributed by atoms with Crippen molar-refractivity contribution in [2.45, 2.75) is 25.4 Å². The van der Waals surface area contributed by atoms with Crippen LogP contribution < -0.4 is 5.73 Å². The number of hydrogen-bond acceptors (Lipinski definition) is 4. The second-order valence-electron chi connectivity index (χ2n) is 3.74. The van der Waals surface area contributed by atoms with Crippen LogP contribution in [0.2, 0.25) is 0 Å². The van der Waals surface area contributed by atoms with Gasteiger partial charge < -0.3 is 10.2 Å². The van der Waals surface area contributed by atoms with Crippen LogP contribution in [0.3, 0.4) is 0 Å². The molecule has 1 atom stereocenters. The van der Waals surface area contributed by atoms with Crippen LogP contribution in [0.15, 0.2) is 22.8 Å². The summed E-state index contributed by atoms with van der Waals surface area (Å²) in [6, 6.07) is 3.69. The topological polar surface area (TPSA) is 69.9 Å². The van der Waals surface area contributed by atoms with Crippen molar-refractivity contribution in [3.8, 4) is 11.6 Å². The monoisotopic (exact) mass is 204 g/mol. The highest BCUT2D eigenvalue weighted by Gasteiger charge is 2.22. The molecule has 2 aromatic heterocycles. The van der Waals surface area contributed by atoms with Gasteiger partial charge in [-0.1, -0.05) is 0 Å². The summed E-state index contributed by atoms with van der Waals surface area (Å²) >= 11 is 0. The Kier molecular flexibility index (Phi) is 1.85. The third-order valence-corrected chi connectivity index (χ3v) is 2.66. The number of aromatic nitrogens is 3. The Labute approximate surface area is 86.9 Å². The zero-order chi connectivity index (χ0) is 10.3. The van der Waals surface area contributed by atoms with Gasteiger partial charge in [-0.15, -0.1) is 5.10 Å². The number of nitrogens with two attached hydrogens (primary N) is 1. The van der Waals surface area contributed by atoms with Gasteiger partial charge in [-0.3, -0.25) is 0 Å². The molecule has 0 radical (unpaired) electrons. The summed E-state index contributed by atoms with van der Waals surface area (Å²) in [5.41, 5.74) is 5.96. The number of fused-ring (bicyclic) bond motifs is 1. The van der Waals surface area contributed by atoms with Crippen molar-refractivity contribution in [1.82, 2.24) is 14.8 Å². The maximum Gasteiger partial charge on any atom is 0.217 e. The van der Waals surface area contributed by atoms with Gasteiger partial charge in [0, 0.05) is 6.54 Å². The molecule has 5 heteroatoms. The van der Waals surface area contributed by atoms with E-state index in [9.17, 15) is 0 Å². The molecule has 0 amide bonds. The van der Waals surface area contributed by atoms with Gasteiger partial charge in [0.05, 0.1) is 12.3 Å². The van der Waals surface area contributed by atoms with Crippen LogP contribution in [-0.4, -0.2) is 14.8 Å². The molecule has 0 saturated carbocycles. The summed E-state index contributed by atoms with van der Waals surface area (Å²) in [6.45, 7) is 0.900. The molecule has 0 aromatic carbocycles. The smallest absolute Gasteiger partial charge is 0.217 e. The summed E-state index contributed by atoms with van der Waals surface area (Å²) in [6.07, 6.45) is 3.67. The lowest BCUT2D eigenvalue weighted by atomic mass is 10.1. The van der Waals surface area contributed by atoms with Gasteiger partial charge in [0.15, 0.2) is 5.76 Å². The van der Waals surface area contributed by atoms with Crippen molar-refractivity contribution in [3.05, 3.63) is 24.2 Å². The van der Waals surface area contributed by atoms with E-state index in [4.69, 9.17) is 10.2 Å². The summed E-state index contributed by atoms with van der Waals surface area (Å²) in [7, 11) is 0. The van der Waals surface area contributed by atoms with E-state index in [1.165, 1.54) is 0 Å². The second-order valence-corrected chi connectivity index (χ2v) is 3.74. The molecule has 2 aromatic rings. The summed E-state index contributed by atoms with van der Waals surface area (Å²) < 4.78 is 7.13. The molecule has 3 rings (SSSR count). The fourth-order valence-electron chi connectivity index (χ4n) is 1.89. The molecular formula is C10H12N4O. The Balaban J connectivity index is 2.06. The lowest BCUT2D eigenvalue weighted by Crippen LogP contribution is -2.22. The minimum Gasteiger partial charge on any atom is -0.461 e. The van der Waals surface area contributed by atoms with Crippen molar-refractivity contribution < 1.29 is 4.42 Å². The van der Waals surface area contributed by atoms with E-state index in [-0.39, 0.29) is 6.04 Å². The lowest BCUT2D eigenvalue weighted by molar-refractivity contribution is 0.422. The molecular weight excluding hydrogens is 192 g/mol. The van der Waals surface area contributed by atoms with Crippen LogP contribution in [0.1, 0.15) is 24.7 Å². The highest BCUT2D eigenvalue weighted by Crippen LogP contribution is 2.24. The normalized spacial score (nSPS) is 20.2. The second kappa shape index (κ2) is 3.20. The van der Waals surface area contributed by atoms with E-state index >= 15 is 0 Å². The van der Waals surface area contributed by atoms with E-state index < -0.39 is 0 Å². The molecule has 0 bridgehead atoms. The molecule has 78 valence electrons. The molecule has 0 spiro atoms. The SMILES string of the molecule is NC1CCCn2nc(-c3ccco3)nc21. The van der Waals surface area contributed by atoms with Crippen LogP contribution in [0, 0.1) is 0 Å².